The Morgan fingerprint density at radius 2 is 0.978 bits per heavy atom. The van der Waals surface area contributed by atoms with Crippen molar-refractivity contribution in [2.45, 2.75) is 167 Å². The molecule has 0 saturated heterocycles. The summed E-state index contributed by atoms with van der Waals surface area (Å²) in [5.74, 6) is 0. The number of nitrogens with zero attached hydrogens (tertiary/aromatic N) is 2. The summed E-state index contributed by atoms with van der Waals surface area (Å²) in [5.41, 5.74) is 19.8. The van der Waals surface area contributed by atoms with E-state index in [9.17, 15) is 5.53 Å². The van der Waals surface area contributed by atoms with Gasteiger partial charge in [0.25, 0.3) is 0 Å². The molecule has 0 fully saturated rings. The first-order valence-corrected chi connectivity index (χ1v) is 20.1. The summed E-state index contributed by atoms with van der Waals surface area (Å²) in [7, 11) is 0. The first kappa shape index (κ1) is 39.2. The van der Waals surface area contributed by atoms with Crippen LogP contribution in [-0.4, -0.2) is 4.70 Å². The third kappa shape index (κ3) is 15.4. The van der Waals surface area contributed by atoms with Crippen molar-refractivity contribution < 1.29 is 19.1 Å². The van der Waals surface area contributed by atoms with Crippen molar-refractivity contribution in [1.29, 1.82) is 0 Å². The van der Waals surface area contributed by atoms with E-state index in [4.69, 9.17) is 0 Å². The van der Waals surface area contributed by atoms with Gasteiger partial charge in [-0.05, 0) is 73.9 Å². The second kappa shape index (κ2) is 25.1. The zero-order chi connectivity index (χ0) is 32.5. The van der Waals surface area contributed by atoms with Gasteiger partial charge in [0.15, 0.2) is 0 Å². The third-order valence-corrected chi connectivity index (χ3v) is 9.72. The second-order valence-corrected chi connectivity index (χ2v) is 14.5. The number of rotatable bonds is 23. The Morgan fingerprint density at radius 1 is 0.533 bits per heavy atom. The van der Waals surface area contributed by atoms with Gasteiger partial charge in [0.1, 0.15) is 0 Å². The molecule has 45 heavy (non-hydrogen) atoms. The van der Waals surface area contributed by atoms with Crippen LogP contribution in [0, 0.1) is 0 Å². The Balaban J connectivity index is 0.00000130. The quantitative estimate of drug-likeness (QED) is 0.0646. The van der Waals surface area contributed by atoms with E-state index in [2.05, 4.69) is 89.2 Å². The van der Waals surface area contributed by atoms with Crippen molar-refractivity contribution in [3.63, 3.8) is 0 Å². The SMILES string of the molecule is CCCCCCCCc1cccc(C2=CC(CCCCCC)=C(c3cccc(CCCCCCCC)c3)[N+]2=[N-])c1.C[CH2][Ni][CH2]C. The summed E-state index contributed by atoms with van der Waals surface area (Å²) in [6.07, 6.45) is 26.2. The van der Waals surface area contributed by atoms with E-state index in [0.29, 0.717) is 0 Å². The van der Waals surface area contributed by atoms with Crippen LogP contribution in [-0.2, 0) is 27.3 Å². The molecule has 2 aromatic rings. The van der Waals surface area contributed by atoms with Gasteiger partial charge in [-0.3, -0.25) is 0 Å². The van der Waals surface area contributed by atoms with Crippen LogP contribution in [0.1, 0.15) is 166 Å². The average molecular weight is 658 g/mol. The molecule has 0 unspecified atom stereocenters. The molecule has 1 aliphatic heterocycles. The summed E-state index contributed by atoms with van der Waals surface area (Å²) in [5, 5.41) is 2.56. The van der Waals surface area contributed by atoms with Gasteiger partial charge < -0.3 is 5.53 Å². The molecule has 3 heteroatoms. The first-order chi connectivity index (χ1) is 22.1. The van der Waals surface area contributed by atoms with Crippen LogP contribution >= 0.6 is 0 Å². The summed E-state index contributed by atoms with van der Waals surface area (Å²) in [6.45, 7) is 11.2. The van der Waals surface area contributed by atoms with Gasteiger partial charge in [-0.1, -0.05) is 129 Å². The van der Waals surface area contributed by atoms with Crippen molar-refractivity contribution in [2.24, 2.45) is 0 Å². The van der Waals surface area contributed by atoms with E-state index in [-0.39, 0.29) is 0 Å². The van der Waals surface area contributed by atoms with Crippen LogP contribution in [0.25, 0.3) is 16.9 Å². The fourth-order valence-corrected chi connectivity index (χ4v) is 6.63. The number of hydrogen-bond acceptors (Lipinski definition) is 0. The summed E-state index contributed by atoms with van der Waals surface area (Å²) >= 11 is 1.82. The molecule has 0 spiro atoms. The van der Waals surface area contributed by atoms with E-state index in [1.807, 2.05) is 14.4 Å². The molecule has 1 heterocycles. The average Bonchev–Trinajstić information content (AvgIpc) is 3.39. The van der Waals surface area contributed by atoms with Crippen molar-refractivity contribution >= 4 is 11.4 Å². The van der Waals surface area contributed by atoms with Crippen molar-refractivity contribution in [3.05, 3.63) is 88.0 Å². The molecule has 2 nitrogen and oxygen atoms in total. The summed E-state index contributed by atoms with van der Waals surface area (Å²) in [6, 6.07) is 17.8. The van der Waals surface area contributed by atoms with Gasteiger partial charge in [-0.15, -0.1) is 0 Å². The fourth-order valence-electron chi connectivity index (χ4n) is 6.13. The molecule has 1 aliphatic rings. The molecule has 0 aromatic heterocycles. The molecule has 0 bridgehead atoms. The predicted molar refractivity (Wildman–Crippen MR) is 195 cm³/mol. The second-order valence-electron chi connectivity index (χ2n) is 12.6. The van der Waals surface area contributed by atoms with Crippen molar-refractivity contribution in [1.82, 2.24) is 0 Å². The number of allylic oxidation sites excluding steroid dienone is 2. The Bertz CT molecular complexity index is 1140. The zero-order valence-electron chi connectivity index (χ0n) is 29.8. The molecule has 254 valence electrons. The standard InChI is InChI=1S/C38H56N2.2C2H5.Ni/c1-4-7-10-13-15-17-22-32-24-20-27-34(29-32)37-31-36(26-19-12-9-6-3)38(40(37)39)35-28-21-25-33(30-35)23-18-16-14-11-8-5-2;2*1-2;/h20-21,24-25,27-31H,4-19,22-23,26H2,1-3H3;2*1H2,2H3;. The molecular formula is C42H66N2Ni. The van der Waals surface area contributed by atoms with Gasteiger partial charge >= 0.3 is 39.1 Å². The van der Waals surface area contributed by atoms with E-state index in [1.54, 1.807) is 0 Å². The Labute approximate surface area is 284 Å². The van der Waals surface area contributed by atoms with E-state index in [1.165, 1.54) is 135 Å². The maximum atomic E-state index is 11.6. The van der Waals surface area contributed by atoms with E-state index < -0.39 is 0 Å². The first-order valence-electron chi connectivity index (χ1n) is 18.7. The van der Waals surface area contributed by atoms with Gasteiger partial charge in [-0.2, -0.15) is 0 Å². The molecule has 0 aliphatic carbocycles. The van der Waals surface area contributed by atoms with Gasteiger partial charge in [-0.25, -0.2) is 4.70 Å². The Morgan fingerprint density at radius 3 is 1.49 bits per heavy atom. The third-order valence-electron chi connectivity index (χ3n) is 8.73. The molecule has 2 aromatic carbocycles. The maximum absolute atomic E-state index is 11.6. The van der Waals surface area contributed by atoms with E-state index >= 15 is 0 Å². The van der Waals surface area contributed by atoms with Crippen molar-refractivity contribution in [3.8, 4) is 0 Å². The molecule has 3 rings (SSSR count). The molecule has 0 N–H and O–H groups in total. The normalized spacial score (nSPS) is 12.9. The van der Waals surface area contributed by atoms with Gasteiger partial charge in [0.05, 0.1) is 0 Å². The minimum atomic E-state index is 0.923. The predicted octanol–water partition coefficient (Wildman–Crippen LogP) is 14.2. The minimum absolute atomic E-state index is 0.923. The molecular weight excluding hydrogens is 591 g/mol. The number of hydrogen-bond donors (Lipinski definition) is 0. The Hall–Kier alpha value is -1.99. The van der Waals surface area contributed by atoms with Crippen LogP contribution in [0.3, 0.4) is 0 Å². The molecule has 0 radical (unpaired) electrons. The summed E-state index contributed by atoms with van der Waals surface area (Å²) in [4.78, 5) is 0. The molecule has 0 saturated carbocycles. The molecule has 0 amide bonds. The van der Waals surface area contributed by atoms with Crippen LogP contribution < -0.4 is 0 Å². The van der Waals surface area contributed by atoms with E-state index in [0.717, 1.165) is 41.8 Å². The Kier molecular flexibility index (Phi) is 21.9. The zero-order valence-corrected chi connectivity index (χ0v) is 30.7. The number of aryl methyl sites for hydroxylation is 2. The molecule has 0 atom stereocenters. The van der Waals surface area contributed by atoms with Crippen LogP contribution in [0.4, 0.5) is 0 Å². The number of benzene rings is 2. The number of unbranched alkanes of at least 4 members (excludes halogenated alkanes) is 13. The van der Waals surface area contributed by atoms with Gasteiger partial charge in [0.2, 0.25) is 11.4 Å². The topological polar surface area (TPSA) is 25.3 Å². The monoisotopic (exact) mass is 656 g/mol. The fraction of sp³-hybridized carbons (Fsp3) is 0.619. The van der Waals surface area contributed by atoms with Crippen LogP contribution in [0.5, 0.6) is 0 Å². The van der Waals surface area contributed by atoms with Crippen molar-refractivity contribution in [2.75, 3.05) is 0 Å². The van der Waals surface area contributed by atoms with Crippen LogP contribution in [0.15, 0.2) is 60.2 Å². The van der Waals surface area contributed by atoms with Crippen LogP contribution in [0.2, 0.25) is 10.8 Å². The summed E-state index contributed by atoms with van der Waals surface area (Å²) < 4.78 is 1.49. The van der Waals surface area contributed by atoms with Gasteiger partial charge in [0, 0.05) is 22.8 Å².